The number of nitrogens with zero attached hydrogens (tertiary/aromatic N) is 5. The van der Waals surface area contributed by atoms with Gasteiger partial charge in [0.05, 0.1) is 28.9 Å². The zero-order valence-electron chi connectivity index (χ0n) is 20.7. The SMILES string of the molecule is COc1cc2nn(C)cc2cc1NC(=O)c1c(Cl)cc(N2CCC(NC3CC3)CC2)c2cn(C)nc12. The lowest BCUT2D eigenvalue weighted by Crippen LogP contribution is -2.43. The third-order valence-corrected chi connectivity index (χ3v) is 7.44. The first kappa shape index (κ1) is 23.1. The van der Waals surface area contributed by atoms with Crippen molar-refractivity contribution >= 4 is 50.7 Å². The minimum Gasteiger partial charge on any atom is -0.494 e. The lowest BCUT2D eigenvalue weighted by atomic mass is 10.0. The molecule has 36 heavy (non-hydrogen) atoms. The van der Waals surface area contributed by atoms with E-state index >= 15 is 0 Å². The van der Waals surface area contributed by atoms with Crippen molar-refractivity contribution in [3.05, 3.63) is 41.2 Å². The van der Waals surface area contributed by atoms with Crippen LogP contribution in [0.1, 0.15) is 36.0 Å². The van der Waals surface area contributed by atoms with E-state index in [0.717, 1.165) is 53.9 Å². The molecule has 0 spiro atoms. The molecule has 2 aromatic heterocycles. The van der Waals surface area contributed by atoms with Crippen LogP contribution in [0.25, 0.3) is 21.8 Å². The summed E-state index contributed by atoms with van der Waals surface area (Å²) in [6.07, 6.45) is 8.65. The maximum atomic E-state index is 13.6. The molecule has 10 heteroatoms. The van der Waals surface area contributed by atoms with Crippen molar-refractivity contribution < 1.29 is 9.53 Å². The lowest BCUT2D eigenvalue weighted by Gasteiger charge is -2.34. The summed E-state index contributed by atoms with van der Waals surface area (Å²) in [7, 11) is 5.29. The zero-order chi connectivity index (χ0) is 25.0. The number of anilines is 2. The van der Waals surface area contributed by atoms with Gasteiger partial charge in [-0.05, 0) is 37.8 Å². The topological polar surface area (TPSA) is 89.2 Å². The van der Waals surface area contributed by atoms with Gasteiger partial charge in [-0.3, -0.25) is 14.2 Å². The van der Waals surface area contributed by atoms with Crippen molar-refractivity contribution in [2.75, 3.05) is 30.4 Å². The van der Waals surface area contributed by atoms with Crippen molar-refractivity contribution in [1.29, 1.82) is 0 Å². The molecule has 1 saturated heterocycles. The van der Waals surface area contributed by atoms with E-state index in [2.05, 4.69) is 25.7 Å². The molecular weight excluding hydrogens is 478 g/mol. The average molecular weight is 508 g/mol. The Bertz CT molecular complexity index is 1460. The predicted octanol–water partition coefficient (Wildman–Crippen LogP) is 4.10. The van der Waals surface area contributed by atoms with Gasteiger partial charge in [0.1, 0.15) is 11.3 Å². The minimum atomic E-state index is -0.330. The average Bonchev–Trinajstić information content (AvgIpc) is 3.46. The fraction of sp³-hybridized carbons (Fsp3) is 0.423. The highest BCUT2D eigenvalue weighted by atomic mass is 35.5. The molecule has 1 aliphatic heterocycles. The standard InChI is InChI=1S/C26H30ClN7O2/c1-32-13-15-10-21(23(36-3)12-20(15)30-32)29-26(35)24-19(27)11-22(18-14-33(2)31-25(18)24)34-8-6-17(7-9-34)28-16-4-5-16/h10-14,16-17,28H,4-9H2,1-3H3,(H,29,35). The van der Waals surface area contributed by atoms with Gasteiger partial charge in [-0.2, -0.15) is 10.2 Å². The molecule has 6 rings (SSSR count). The van der Waals surface area contributed by atoms with E-state index in [0.29, 0.717) is 33.6 Å². The number of halogens is 1. The van der Waals surface area contributed by atoms with Gasteiger partial charge in [0.2, 0.25) is 0 Å². The van der Waals surface area contributed by atoms with E-state index in [9.17, 15) is 4.79 Å². The molecule has 4 aromatic rings. The van der Waals surface area contributed by atoms with Crippen molar-refractivity contribution in [2.24, 2.45) is 14.1 Å². The summed E-state index contributed by atoms with van der Waals surface area (Å²) < 4.78 is 9.00. The maximum absolute atomic E-state index is 13.6. The minimum absolute atomic E-state index is 0.330. The largest absolute Gasteiger partial charge is 0.494 e. The number of carbonyl (C=O) groups is 1. The first-order valence-electron chi connectivity index (χ1n) is 12.4. The smallest absolute Gasteiger partial charge is 0.259 e. The van der Waals surface area contributed by atoms with Crippen LogP contribution in [0, 0.1) is 0 Å². The highest BCUT2D eigenvalue weighted by molar-refractivity contribution is 6.37. The van der Waals surface area contributed by atoms with E-state index in [-0.39, 0.29) is 5.91 Å². The van der Waals surface area contributed by atoms with Gasteiger partial charge >= 0.3 is 0 Å². The van der Waals surface area contributed by atoms with Crippen LogP contribution in [-0.4, -0.2) is 57.8 Å². The third-order valence-electron chi connectivity index (χ3n) is 7.14. The molecule has 1 saturated carbocycles. The third kappa shape index (κ3) is 4.26. The molecule has 9 nitrogen and oxygen atoms in total. The number of aromatic nitrogens is 4. The molecule has 2 aliphatic rings. The number of rotatable bonds is 6. The molecule has 188 valence electrons. The lowest BCUT2D eigenvalue weighted by molar-refractivity contribution is 0.102. The number of methoxy groups -OCH3 is 1. The number of amides is 1. The normalized spacial score (nSPS) is 16.7. The Morgan fingerprint density at radius 3 is 2.47 bits per heavy atom. The second-order valence-electron chi connectivity index (χ2n) is 9.89. The molecule has 2 fully saturated rings. The van der Waals surface area contributed by atoms with Crippen LogP contribution in [0.3, 0.4) is 0 Å². The summed E-state index contributed by atoms with van der Waals surface area (Å²) in [4.78, 5) is 15.9. The molecule has 0 atom stereocenters. The van der Waals surface area contributed by atoms with E-state index in [4.69, 9.17) is 16.3 Å². The number of aryl methyl sites for hydroxylation is 2. The van der Waals surface area contributed by atoms with Gasteiger partial charge in [-0.25, -0.2) is 0 Å². The first-order valence-corrected chi connectivity index (χ1v) is 12.8. The molecule has 2 aromatic carbocycles. The van der Waals surface area contributed by atoms with Crippen LogP contribution in [-0.2, 0) is 14.1 Å². The number of hydrogen-bond acceptors (Lipinski definition) is 6. The molecule has 0 bridgehead atoms. The molecule has 0 radical (unpaired) electrons. The summed E-state index contributed by atoms with van der Waals surface area (Å²) in [6, 6.07) is 6.88. The predicted molar refractivity (Wildman–Crippen MR) is 142 cm³/mol. The highest BCUT2D eigenvalue weighted by Crippen LogP contribution is 2.37. The van der Waals surface area contributed by atoms with Crippen LogP contribution in [0.5, 0.6) is 5.75 Å². The molecule has 2 N–H and O–H groups in total. The second kappa shape index (κ2) is 8.97. The van der Waals surface area contributed by atoms with Crippen molar-refractivity contribution in [3.8, 4) is 5.75 Å². The van der Waals surface area contributed by atoms with Gasteiger partial charge < -0.3 is 20.3 Å². The van der Waals surface area contributed by atoms with Gasteiger partial charge in [-0.1, -0.05) is 11.6 Å². The van der Waals surface area contributed by atoms with Gasteiger partial charge in [-0.15, -0.1) is 0 Å². The van der Waals surface area contributed by atoms with E-state index in [1.54, 1.807) is 16.5 Å². The molecule has 3 heterocycles. The number of ether oxygens (including phenoxy) is 1. The van der Waals surface area contributed by atoms with Crippen LogP contribution in [0.15, 0.2) is 30.6 Å². The molecule has 0 unspecified atom stereocenters. The van der Waals surface area contributed by atoms with Gasteiger partial charge in [0.25, 0.3) is 5.91 Å². The summed E-state index contributed by atoms with van der Waals surface area (Å²) >= 11 is 6.78. The second-order valence-corrected chi connectivity index (χ2v) is 10.3. The van der Waals surface area contributed by atoms with Crippen molar-refractivity contribution in [1.82, 2.24) is 24.9 Å². The Morgan fingerprint density at radius 1 is 1.03 bits per heavy atom. The van der Waals surface area contributed by atoms with Gasteiger partial charge in [0, 0.05) is 74.2 Å². The van der Waals surface area contributed by atoms with Crippen LogP contribution < -0.4 is 20.3 Å². The molecule has 1 aliphatic carbocycles. The fourth-order valence-electron chi connectivity index (χ4n) is 5.22. The van der Waals surface area contributed by atoms with Crippen molar-refractivity contribution in [3.63, 3.8) is 0 Å². The quantitative estimate of drug-likeness (QED) is 0.408. The number of carbonyl (C=O) groups excluding carboxylic acids is 1. The van der Waals surface area contributed by atoms with Crippen LogP contribution >= 0.6 is 11.6 Å². The number of nitrogens with one attached hydrogen (secondary N) is 2. The maximum Gasteiger partial charge on any atom is 0.259 e. The summed E-state index contributed by atoms with van der Waals surface area (Å²) in [6.45, 7) is 1.89. The Hall–Kier alpha value is -3.30. The number of fused-ring (bicyclic) bond motifs is 2. The number of hydrogen-bond donors (Lipinski definition) is 2. The summed E-state index contributed by atoms with van der Waals surface area (Å²) in [5, 5.41) is 18.0. The number of benzene rings is 2. The monoisotopic (exact) mass is 507 g/mol. The first-order chi connectivity index (χ1) is 17.4. The zero-order valence-corrected chi connectivity index (χ0v) is 21.5. The molecular formula is C26H30ClN7O2. The number of piperidine rings is 1. The van der Waals surface area contributed by atoms with E-state index in [1.165, 1.54) is 12.8 Å². The molecule has 1 amide bonds. The van der Waals surface area contributed by atoms with Crippen molar-refractivity contribution in [2.45, 2.75) is 37.8 Å². The Morgan fingerprint density at radius 2 is 1.75 bits per heavy atom. The highest BCUT2D eigenvalue weighted by Gasteiger charge is 2.29. The van der Waals surface area contributed by atoms with Crippen LogP contribution in [0.2, 0.25) is 5.02 Å². The fourth-order valence-corrected chi connectivity index (χ4v) is 5.50. The van der Waals surface area contributed by atoms with Crippen LogP contribution in [0.4, 0.5) is 11.4 Å². The van der Waals surface area contributed by atoms with E-state index < -0.39 is 0 Å². The van der Waals surface area contributed by atoms with E-state index in [1.807, 2.05) is 44.7 Å². The van der Waals surface area contributed by atoms with Gasteiger partial charge in [0.15, 0.2) is 0 Å². The Labute approximate surface area is 214 Å². The Kier molecular flexibility index (Phi) is 5.76. The summed E-state index contributed by atoms with van der Waals surface area (Å²) in [5.41, 5.74) is 3.32. The Balaban J connectivity index is 1.31. The summed E-state index contributed by atoms with van der Waals surface area (Å²) in [5.74, 6) is 0.200.